The van der Waals surface area contributed by atoms with Crippen LogP contribution in [0.15, 0.2) is 5.03 Å². The van der Waals surface area contributed by atoms with E-state index in [9.17, 15) is 13.5 Å². The number of aromatic nitrogens is 2. The quantitative estimate of drug-likeness (QED) is 0.750. The molecule has 0 bridgehead atoms. The Bertz CT molecular complexity index is 538. The van der Waals surface area contributed by atoms with E-state index in [4.69, 9.17) is 0 Å². The van der Waals surface area contributed by atoms with Gasteiger partial charge in [0, 0.05) is 17.8 Å². The highest BCUT2D eigenvalue weighted by molar-refractivity contribution is 7.89. The second kappa shape index (κ2) is 5.60. The maximum atomic E-state index is 12.2. The fourth-order valence-corrected chi connectivity index (χ4v) is 3.93. The molecule has 1 heterocycles. The van der Waals surface area contributed by atoms with Crippen LogP contribution in [0.25, 0.3) is 0 Å². The van der Waals surface area contributed by atoms with E-state index in [-0.39, 0.29) is 11.6 Å². The normalized spacial score (nSPS) is 23.9. The molecule has 1 saturated carbocycles. The number of aliphatic hydroxyl groups is 1. The maximum absolute atomic E-state index is 12.2. The van der Waals surface area contributed by atoms with Gasteiger partial charge in [0.15, 0.2) is 5.03 Å². The van der Waals surface area contributed by atoms with Crippen LogP contribution < -0.4 is 4.72 Å². The Morgan fingerprint density at radius 3 is 2.79 bits per heavy atom. The lowest BCUT2D eigenvalue weighted by Crippen LogP contribution is -2.31. The Labute approximate surface area is 113 Å². The largest absolute Gasteiger partial charge is 0.392 e. The van der Waals surface area contributed by atoms with E-state index in [1.54, 1.807) is 6.92 Å². The number of hydrogen-bond acceptors (Lipinski definition) is 4. The van der Waals surface area contributed by atoms with E-state index in [2.05, 4.69) is 21.8 Å². The monoisotopic (exact) mass is 287 g/mol. The predicted molar refractivity (Wildman–Crippen MR) is 70.9 cm³/mol. The number of hydrogen-bond donors (Lipinski definition) is 3. The van der Waals surface area contributed by atoms with Crippen LogP contribution in [0.3, 0.4) is 0 Å². The summed E-state index contributed by atoms with van der Waals surface area (Å²) in [4.78, 5) is 0. The number of sulfonamides is 1. The third-order valence-electron chi connectivity index (χ3n) is 4.02. The summed E-state index contributed by atoms with van der Waals surface area (Å²) >= 11 is 0. The van der Waals surface area contributed by atoms with Crippen molar-refractivity contribution in [3.05, 3.63) is 11.3 Å². The zero-order valence-electron chi connectivity index (χ0n) is 11.3. The molecule has 6 nitrogen and oxygen atoms in total. The molecule has 1 aromatic heterocycles. The molecule has 1 aliphatic carbocycles. The van der Waals surface area contributed by atoms with Crippen LogP contribution in [0.5, 0.6) is 0 Å². The van der Waals surface area contributed by atoms with Crippen LogP contribution in [0.4, 0.5) is 0 Å². The van der Waals surface area contributed by atoms with Crippen LogP contribution in [-0.2, 0) is 16.6 Å². The number of aryl methyl sites for hydroxylation is 1. The highest BCUT2D eigenvalue weighted by Crippen LogP contribution is 2.30. The first kappa shape index (κ1) is 14.5. The molecule has 3 N–H and O–H groups in total. The Kier molecular flexibility index (Phi) is 4.27. The second-order valence-corrected chi connectivity index (χ2v) is 6.99. The topological polar surface area (TPSA) is 95.1 Å². The van der Waals surface area contributed by atoms with Crippen molar-refractivity contribution in [2.24, 2.45) is 11.8 Å². The van der Waals surface area contributed by atoms with Crippen LogP contribution in [-0.4, -0.2) is 30.3 Å². The molecule has 7 heteroatoms. The van der Waals surface area contributed by atoms with Gasteiger partial charge < -0.3 is 5.11 Å². The third kappa shape index (κ3) is 2.98. The molecular weight excluding hydrogens is 266 g/mol. The fraction of sp³-hybridized carbons (Fsp3) is 0.750. The summed E-state index contributed by atoms with van der Waals surface area (Å²) < 4.78 is 27.0. The van der Waals surface area contributed by atoms with E-state index in [0.29, 0.717) is 29.6 Å². The van der Waals surface area contributed by atoms with E-state index < -0.39 is 10.0 Å². The number of aliphatic hydroxyl groups excluding tert-OH is 1. The van der Waals surface area contributed by atoms with Crippen molar-refractivity contribution in [2.45, 2.75) is 44.7 Å². The van der Waals surface area contributed by atoms with Gasteiger partial charge >= 0.3 is 0 Å². The number of nitrogens with one attached hydrogen (secondary N) is 2. The van der Waals surface area contributed by atoms with Gasteiger partial charge in [-0.05, 0) is 25.2 Å². The average molecular weight is 287 g/mol. The lowest BCUT2D eigenvalue weighted by atomic mass is 9.99. The molecule has 1 aliphatic rings. The first-order valence-corrected chi connectivity index (χ1v) is 8.08. The average Bonchev–Trinajstić information content (AvgIpc) is 2.93. The third-order valence-corrected chi connectivity index (χ3v) is 5.42. The van der Waals surface area contributed by atoms with Gasteiger partial charge in [-0.1, -0.05) is 19.8 Å². The molecule has 0 radical (unpaired) electrons. The molecule has 108 valence electrons. The molecule has 2 unspecified atom stereocenters. The van der Waals surface area contributed by atoms with Crippen LogP contribution >= 0.6 is 0 Å². The molecule has 0 amide bonds. The summed E-state index contributed by atoms with van der Waals surface area (Å²) in [6.07, 6.45) is 3.39. The summed E-state index contributed by atoms with van der Waals surface area (Å²) in [6.45, 7) is 3.96. The Morgan fingerprint density at radius 2 is 2.21 bits per heavy atom. The molecular formula is C12H21N3O3S. The molecule has 1 fully saturated rings. The lowest BCUT2D eigenvalue weighted by molar-refractivity contribution is 0.277. The van der Waals surface area contributed by atoms with Crippen molar-refractivity contribution in [2.75, 3.05) is 6.54 Å². The zero-order valence-corrected chi connectivity index (χ0v) is 12.1. The first-order chi connectivity index (χ1) is 8.95. The Morgan fingerprint density at radius 1 is 1.47 bits per heavy atom. The smallest absolute Gasteiger partial charge is 0.260 e. The molecule has 19 heavy (non-hydrogen) atoms. The minimum Gasteiger partial charge on any atom is -0.392 e. The summed E-state index contributed by atoms with van der Waals surface area (Å²) in [5.74, 6) is 0.952. The highest BCUT2D eigenvalue weighted by atomic mass is 32.2. The van der Waals surface area contributed by atoms with E-state index in [0.717, 1.165) is 19.3 Å². The SMILES string of the molecule is Cc1[nH]nc(S(=O)(=O)NCC2CCCC2C)c1CO. The van der Waals surface area contributed by atoms with Crippen LogP contribution in [0, 0.1) is 18.8 Å². The minimum atomic E-state index is -3.65. The Hall–Kier alpha value is -0.920. The van der Waals surface area contributed by atoms with Gasteiger partial charge in [0.05, 0.1) is 6.61 Å². The van der Waals surface area contributed by atoms with Crippen molar-refractivity contribution < 1.29 is 13.5 Å². The van der Waals surface area contributed by atoms with Gasteiger partial charge in [-0.3, -0.25) is 5.10 Å². The number of nitrogens with zero attached hydrogens (tertiary/aromatic N) is 1. The van der Waals surface area contributed by atoms with Crippen molar-refractivity contribution >= 4 is 10.0 Å². The number of H-pyrrole nitrogens is 1. The van der Waals surface area contributed by atoms with Gasteiger partial charge in [-0.25, -0.2) is 13.1 Å². The Balaban J connectivity index is 2.09. The molecule has 0 aliphatic heterocycles. The molecule has 2 atom stereocenters. The van der Waals surface area contributed by atoms with Crippen molar-refractivity contribution in [1.29, 1.82) is 0 Å². The van der Waals surface area contributed by atoms with E-state index in [1.807, 2.05) is 0 Å². The predicted octanol–water partition coefficient (Wildman–Crippen LogP) is 0.925. The van der Waals surface area contributed by atoms with E-state index in [1.165, 1.54) is 0 Å². The molecule has 0 saturated heterocycles. The summed E-state index contributed by atoms with van der Waals surface area (Å²) in [5.41, 5.74) is 0.920. The van der Waals surface area contributed by atoms with E-state index >= 15 is 0 Å². The van der Waals surface area contributed by atoms with Gasteiger partial charge in [0.1, 0.15) is 0 Å². The fourth-order valence-electron chi connectivity index (χ4n) is 2.65. The second-order valence-electron chi connectivity index (χ2n) is 5.31. The van der Waals surface area contributed by atoms with Crippen molar-refractivity contribution in [1.82, 2.24) is 14.9 Å². The molecule has 2 rings (SSSR count). The lowest BCUT2D eigenvalue weighted by Gasteiger charge is -2.15. The van der Waals surface area contributed by atoms with Gasteiger partial charge in [-0.15, -0.1) is 0 Å². The minimum absolute atomic E-state index is 0.0850. The number of rotatable bonds is 5. The zero-order chi connectivity index (χ0) is 14.0. The summed E-state index contributed by atoms with van der Waals surface area (Å²) in [6, 6.07) is 0. The maximum Gasteiger partial charge on any atom is 0.260 e. The highest BCUT2D eigenvalue weighted by Gasteiger charge is 2.28. The molecule has 0 aromatic carbocycles. The van der Waals surface area contributed by atoms with Crippen molar-refractivity contribution in [3.8, 4) is 0 Å². The van der Waals surface area contributed by atoms with Crippen LogP contribution in [0.2, 0.25) is 0 Å². The standard InChI is InChI=1S/C12H21N3O3S/c1-8-4-3-5-10(8)6-13-19(17,18)12-11(7-16)9(2)14-15-12/h8,10,13,16H,3-7H2,1-2H3,(H,14,15). The number of aromatic amines is 1. The first-order valence-electron chi connectivity index (χ1n) is 6.60. The summed E-state index contributed by atoms with van der Waals surface area (Å²) in [5, 5.41) is 15.5. The van der Waals surface area contributed by atoms with Crippen LogP contribution in [0.1, 0.15) is 37.4 Å². The molecule has 1 aromatic rings. The van der Waals surface area contributed by atoms with Gasteiger partial charge in [0.2, 0.25) is 0 Å². The van der Waals surface area contributed by atoms with Crippen molar-refractivity contribution in [3.63, 3.8) is 0 Å². The van der Waals surface area contributed by atoms with Gasteiger partial charge in [0.25, 0.3) is 10.0 Å². The summed E-state index contributed by atoms with van der Waals surface area (Å²) in [7, 11) is -3.65. The van der Waals surface area contributed by atoms with Gasteiger partial charge in [-0.2, -0.15) is 5.10 Å². The molecule has 0 spiro atoms.